The second kappa shape index (κ2) is 2.11. The lowest BCUT2D eigenvalue weighted by molar-refractivity contribution is 0.600. The fourth-order valence-electron chi connectivity index (χ4n) is 0. The summed E-state index contributed by atoms with van der Waals surface area (Å²) in [5.74, 6) is 0. The van der Waals surface area contributed by atoms with Crippen molar-refractivity contribution in [2.75, 3.05) is 13.3 Å². The van der Waals surface area contributed by atoms with Crippen molar-refractivity contribution in [3.63, 3.8) is 0 Å². The molecule has 1 nitrogen and oxygen atoms in total. The van der Waals surface area contributed by atoms with Crippen molar-refractivity contribution in [2.24, 2.45) is 0 Å². The van der Waals surface area contributed by atoms with Crippen LogP contribution < -0.4 is 0 Å². The highest BCUT2D eigenvalue weighted by Gasteiger charge is 2.25. The summed E-state index contributed by atoms with van der Waals surface area (Å²) in [6.45, 7) is 7.96. The van der Waals surface area contributed by atoms with Crippen LogP contribution in [-0.2, 0) is 0 Å². The zero-order valence-electron chi connectivity index (χ0n) is 5.47. The quantitative estimate of drug-likeness (QED) is 0.522. The fraction of sp³-hybridized carbons (Fsp3) is 1.00. The van der Waals surface area contributed by atoms with Gasteiger partial charge in [0.25, 0.3) is 0 Å². The number of hydrogen-bond acceptors (Lipinski definition) is 1. The lowest BCUT2D eigenvalue weighted by atomic mass is 10.6. The van der Waals surface area contributed by atoms with Gasteiger partial charge in [-0.1, -0.05) is 0 Å². The second-order valence-electron chi connectivity index (χ2n) is 2.57. The molecule has 0 atom stereocenters. The van der Waals surface area contributed by atoms with E-state index in [4.69, 9.17) is 0 Å². The molecule has 0 spiro atoms. The smallest absolute Gasteiger partial charge is 0.138 e. The summed E-state index contributed by atoms with van der Waals surface area (Å²) in [4.78, 5) is 9.21. The predicted molar refractivity (Wildman–Crippen MR) is 36.1 cm³/mol. The maximum atomic E-state index is 9.21. The molecule has 0 unspecified atom stereocenters. The first-order valence-electron chi connectivity index (χ1n) is 2.51. The minimum atomic E-state index is -1.49. The SMILES string of the molecule is CC(C)[P+](C)(C)O. The average Bonchev–Trinajstić information content (AvgIpc) is 1.31. The largest absolute Gasteiger partial charge is 0.252 e. The molecule has 0 fully saturated rings. The first-order valence-corrected chi connectivity index (χ1v) is 5.21. The molecular weight excluding hydrogens is 107 g/mol. The van der Waals surface area contributed by atoms with Crippen LogP contribution in [0.25, 0.3) is 0 Å². The third-order valence-electron chi connectivity index (χ3n) is 1.26. The van der Waals surface area contributed by atoms with E-state index >= 15 is 0 Å². The van der Waals surface area contributed by atoms with Gasteiger partial charge in [-0.15, -0.1) is 0 Å². The maximum Gasteiger partial charge on any atom is 0.138 e. The Morgan fingerprint density at radius 3 is 1.43 bits per heavy atom. The van der Waals surface area contributed by atoms with E-state index in [0.29, 0.717) is 5.66 Å². The molecule has 0 aliphatic heterocycles. The van der Waals surface area contributed by atoms with Crippen LogP contribution in [0.2, 0.25) is 0 Å². The third kappa shape index (κ3) is 3.02. The Labute approximate surface area is 46.2 Å². The first kappa shape index (κ1) is 7.39. The summed E-state index contributed by atoms with van der Waals surface area (Å²) in [5.41, 5.74) is 0.465. The summed E-state index contributed by atoms with van der Waals surface area (Å²) in [6.07, 6.45) is 0. The van der Waals surface area contributed by atoms with Gasteiger partial charge < -0.3 is 0 Å². The van der Waals surface area contributed by atoms with Gasteiger partial charge in [0, 0.05) is 0 Å². The fourth-order valence-corrected chi connectivity index (χ4v) is 0. The topological polar surface area (TPSA) is 20.2 Å². The monoisotopic (exact) mass is 121 g/mol. The van der Waals surface area contributed by atoms with Gasteiger partial charge in [-0.3, -0.25) is 4.89 Å². The van der Waals surface area contributed by atoms with Crippen LogP contribution >= 0.6 is 7.49 Å². The van der Waals surface area contributed by atoms with Gasteiger partial charge in [0.2, 0.25) is 0 Å². The van der Waals surface area contributed by atoms with Crippen LogP contribution in [0.1, 0.15) is 13.8 Å². The van der Waals surface area contributed by atoms with Gasteiger partial charge in [0.1, 0.15) is 7.49 Å². The highest BCUT2D eigenvalue weighted by Crippen LogP contribution is 2.50. The molecule has 0 heterocycles. The summed E-state index contributed by atoms with van der Waals surface area (Å²) in [6, 6.07) is 0. The molecule has 44 valence electrons. The van der Waals surface area contributed by atoms with Crippen molar-refractivity contribution >= 4 is 7.49 Å². The minimum Gasteiger partial charge on any atom is -0.252 e. The van der Waals surface area contributed by atoms with Gasteiger partial charge in [-0.05, 0) is 13.8 Å². The van der Waals surface area contributed by atoms with Gasteiger partial charge >= 0.3 is 0 Å². The Bertz CT molecular complexity index is 53.6. The van der Waals surface area contributed by atoms with Crippen molar-refractivity contribution < 1.29 is 4.89 Å². The van der Waals surface area contributed by atoms with Gasteiger partial charge in [-0.2, -0.15) is 0 Å². The molecule has 2 heteroatoms. The second-order valence-corrected chi connectivity index (χ2v) is 6.56. The summed E-state index contributed by atoms with van der Waals surface area (Å²) >= 11 is 0. The molecule has 0 saturated heterocycles. The predicted octanol–water partition coefficient (Wildman–Crippen LogP) is 1.58. The van der Waals surface area contributed by atoms with Crippen LogP contribution in [0, 0.1) is 0 Å². The van der Waals surface area contributed by atoms with Gasteiger partial charge in [0.15, 0.2) is 0 Å². The first-order chi connectivity index (χ1) is 2.94. The Morgan fingerprint density at radius 2 is 1.43 bits per heavy atom. The molecule has 1 N–H and O–H groups in total. The molecule has 0 aromatic rings. The molecule has 0 rings (SSSR count). The minimum absolute atomic E-state index is 0.465. The third-order valence-corrected chi connectivity index (χ3v) is 3.79. The Balaban J connectivity index is 3.54. The highest BCUT2D eigenvalue weighted by molar-refractivity contribution is 7.69. The normalized spacial score (nSPS) is 12.9. The molecule has 0 radical (unpaired) electrons. The van der Waals surface area contributed by atoms with E-state index in [1.165, 1.54) is 0 Å². The standard InChI is InChI=1S/C5H14OP/c1-5(2)7(3,4)6/h5-6H,1-4H3/q+1. The Kier molecular flexibility index (Phi) is 2.22. The van der Waals surface area contributed by atoms with Gasteiger partial charge in [0.05, 0.1) is 19.0 Å². The molecule has 0 aromatic carbocycles. The van der Waals surface area contributed by atoms with Crippen molar-refractivity contribution in [2.45, 2.75) is 19.5 Å². The molecule has 0 aliphatic rings. The molecule has 0 bridgehead atoms. The average molecular weight is 121 g/mol. The maximum absolute atomic E-state index is 9.21. The lowest BCUT2D eigenvalue weighted by Gasteiger charge is -2.11. The Hall–Kier alpha value is 0.390. The summed E-state index contributed by atoms with van der Waals surface area (Å²) in [7, 11) is -1.49. The lowest BCUT2D eigenvalue weighted by Crippen LogP contribution is -2.00. The van der Waals surface area contributed by atoms with E-state index in [9.17, 15) is 4.89 Å². The molecule has 0 saturated carbocycles. The summed E-state index contributed by atoms with van der Waals surface area (Å²) in [5, 5.41) is 0. The van der Waals surface area contributed by atoms with E-state index in [1.807, 2.05) is 27.2 Å². The summed E-state index contributed by atoms with van der Waals surface area (Å²) < 4.78 is 0. The van der Waals surface area contributed by atoms with E-state index in [0.717, 1.165) is 0 Å². The van der Waals surface area contributed by atoms with Crippen LogP contribution in [0.4, 0.5) is 0 Å². The zero-order chi connectivity index (χ0) is 6.08. The van der Waals surface area contributed by atoms with Crippen LogP contribution in [-0.4, -0.2) is 23.9 Å². The van der Waals surface area contributed by atoms with Crippen molar-refractivity contribution in [3.8, 4) is 0 Å². The van der Waals surface area contributed by atoms with Gasteiger partial charge in [-0.25, -0.2) is 0 Å². The molecular formula is C5H14OP+. The van der Waals surface area contributed by atoms with E-state index < -0.39 is 7.49 Å². The van der Waals surface area contributed by atoms with E-state index in [-0.39, 0.29) is 0 Å². The zero-order valence-corrected chi connectivity index (χ0v) is 6.37. The molecule has 0 aliphatic carbocycles. The molecule has 7 heavy (non-hydrogen) atoms. The van der Waals surface area contributed by atoms with Crippen LogP contribution in [0.15, 0.2) is 0 Å². The molecule has 0 aromatic heterocycles. The van der Waals surface area contributed by atoms with E-state index in [2.05, 4.69) is 0 Å². The van der Waals surface area contributed by atoms with Crippen molar-refractivity contribution in [1.29, 1.82) is 0 Å². The van der Waals surface area contributed by atoms with Crippen LogP contribution in [0.5, 0.6) is 0 Å². The van der Waals surface area contributed by atoms with Crippen molar-refractivity contribution in [3.05, 3.63) is 0 Å². The Morgan fingerprint density at radius 1 is 1.29 bits per heavy atom. The van der Waals surface area contributed by atoms with Crippen LogP contribution in [0.3, 0.4) is 0 Å². The van der Waals surface area contributed by atoms with Crippen molar-refractivity contribution in [1.82, 2.24) is 0 Å². The molecule has 0 amide bonds. The van der Waals surface area contributed by atoms with E-state index in [1.54, 1.807) is 0 Å². The highest BCUT2D eigenvalue weighted by atomic mass is 31.2. The number of hydrogen-bond donors (Lipinski definition) is 1. The number of rotatable bonds is 1.